The molecule has 5 nitrogen and oxygen atoms in total. The zero-order valence-corrected chi connectivity index (χ0v) is 17.7. The first-order chi connectivity index (χ1) is 14.7. The predicted octanol–water partition coefficient (Wildman–Crippen LogP) is 4.30. The molecule has 1 atom stereocenters. The summed E-state index contributed by atoms with van der Waals surface area (Å²) < 4.78 is 5.32. The zero-order chi connectivity index (χ0) is 20.8. The van der Waals surface area contributed by atoms with Crippen molar-refractivity contribution in [2.75, 3.05) is 33.3 Å². The molecule has 0 spiro atoms. The Morgan fingerprint density at radius 2 is 1.80 bits per heavy atom. The summed E-state index contributed by atoms with van der Waals surface area (Å²) in [5.41, 5.74) is 3.48. The molecule has 2 aromatic carbocycles. The highest BCUT2D eigenvalue weighted by Gasteiger charge is 2.20. The van der Waals surface area contributed by atoms with Gasteiger partial charge in [-0.3, -0.25) is 9.69 Å². The number of likely N-dealkylation sites (tertiary alicyclic amines) is 1. The van der Waals surface area contributed by atoms with Gasteiger partial charge in [-0.15, -0.1) is 0 Å². The van der Waals surface area contributed by atoms with Crippen LogP contribution in [0.3, 0.4) is 0 Å². The van der Waals surface area contributed by atoms with Gasteiger partial charge in [0.05, 0.1) is 13.7 Å². The fourth-order valence-corrected chi connectivity index (χ4v) is 4.40. The normalized spacial score (nSPS) is 16.2. The monoisotopic (exact) mass is 405 g/mol. The number of hydrogen-bond acceptors (Lipinski definition) is 3. The quantitative estimate of drug-likeness (QED) is 0.616. The Balaban J connectivity index is 1.52. The molecular weight excluding hydrogens is 374 g/mol. The fourth-order valence-electron chi connectivity index (χ4n) is 4.40. The second-order valence-electron chi connectivity index (χ2n) is 8.11. The van der Waals surface area contributed by atoms with Crippen LogP contribution in [0.1, 0.15) is 42.7 Å². The third-order valence-electron chi connectivity index (χ3n) is 6.08. The minimum Gasteiger partial charge on any atom is -0.497 e. The predicted molar refractivity (Wildman–Crippen MR) is 121 cm³/mol. The smallest absolute Gasteiger partial charge is 0.234 e. The topological polar surface area (TPSA) is 57.4 Å². The number of rotatable bonds is 7. The number of para-hydroxylation sites is 1. The molecule has 0 aliphatic carbocycles. The van der Waals surface area contributed by atoms with Crippen LogP contribution >= 0.6 is 0 Å². The van der Waals surface area contributed by atoms with Gasteiger partial charge in [0, 0.05) is 29.6 Å². The number of methoxy groups -OCH3 is 1. The highest BCUT2D eigenvalue weighted by molar-refractivity contribution is 5.84. The summed E-state index contributed by atoms with van der Waals surface area (Å²) >= 11 is 0. The third-order valence-corrected chi connectivity index (χ3v) is 6.08. The summed E-state index contributed by atoms with van der Waals surface area (Å²) in [6.07, 6.45) is 7.01. The van der Waals surface area contributed by atoms with Gasteiger partial charge in [-0.25, -0.2) is 0 Å². The molecule has 4 rings (SSSR count). The number of benzene rings is 2. The van der Waals surface area contributed by atoms with Crippen molar-refractivity contribution in [1.29, 1.82) is 0 Å². The Bertz CT molecular complexity index is 956. The molecule has 1 aromatic heterocycles. The van der Waals surface area contributed by atoms with E-state index in [-0.39, 0.29) is 11.8 Å². The van der Waals surface area contributed by atoms with Gasteiger partial charge in [-0.1, -0.05) is 43.2 Å². The van der Waals surface area contributed by atoms with Crippen LogP contribution in [-0.4, -0.2) is 49.1 Å². The first-order valence-corrected chi connectivity index (χ1v) is 10.9. The zero-order valence-electron chi connectivity index (χ0n) is 17.7. The van der Waals surface area contributed by atoms with Gasteiger partial charge >= 0.3 is 0 Å². The number of nitrogens with zero attached hydrogens (tertiary/aromatic N) is 1. The average molecular weight is 406 g/mol. The van der Waals surface area contributed by atoms with Crippen LogP contribution < -0.4 is 10.1 Å². The van der Waals surface area contributed by atoms with E-state index in [2.05, 4.69) is 51.7 Å². The molecule has 1 aliphatic rings. The number of nitrogens with one attached hydrogen (secondary N) is 2. The maximum absolute atomic E-state index is 12.7. The van der Waals surface area contributed by atoms with Crippen molar-refractivity contribution in [3.8, 4) is 5.75 Å². The molecule has 5 heteroatoms. The van der Waals surface area contributed by atoms with Crippen molar-refractivity contribution >= 4 is 16.8 Å². The van der Waals surface area contributed by atoms with E-state index < -0.39 is 0 Å². The molecule has 158 valence electrons. The van der Waals surface area contributed by atoms with E-state index in [9.17, 15) is 4.79 Å². The lowest BCUT2D eigenvalue weighted by Crippen LogP contribution is -2.39. The Morgan fingerprint density at radius 1 is 1.07 bits per heavy atom. The number of hydrogen-bond donors (Lipinski definition) is 2. The van der Waals surface area contributed by atoms with Crippen molar-refractivity contribution < 1.29 is 9.53 Å². The van der Waals surface area contributed by atoms with E-state index >= 15 is 0 Å². The number of fused-ring (bicyclic) bond motifs is 1. The second kappa shape index (κ2) is 9.81. The molecule has 0 saturated carbocycles. The van der Waals surface area contributed by atoms with Crippen LogP contribution in [0.5, 0.6) is 5.75 Å². The number of ether oxygens (including phenoxy) is 1. The number of amides is 1. The van der Waals surface area contributed by atoms with Gasteiger partial charge < -0.3 is 15.0 Å². The van der Waals surface area contributed by atoms with Crippen molar-refractivity contribution in [2.45, 2.75) is 31.6 Å². The van der Waals surface area contributed by atoms with Crippen LogP contribution in [0, 0.1) is 0 Å². The first kappa shape index (κ1) is 20.5. The van der Waals surface area contributed by atoms with E-state index in [1.54, 1.807) is 7.11 Å². The highest BCUT2D eigenvalue weighted by Crippen LogP contribution is 2.31. The van der Waals surface area contributed by atoms with Crippen LogP contribution in [0.25, 0.3) is 10.9 Å². The second-order valence-corrected chi connectivity index (χ2v) is 8.11. The number of carbonyl (C=O) groups excluding carboxylic acids is 1. The van der Waals surface area contributed by atoms with E-state index in [1.807, 2.05) is 18.2 Å². The van der Waals surface area contributed by atoms with Gasteiger partial charge in [0.2, 0.25) is 5.91 Å². The fraction of sp³-hybridized carbons (Fsp3) is 0.400. The van der Waals surface area contributed by atoms with Gasteiger partial charge in [0.1, 0.15) is 5.75 Å². The molecule has 1 fully saturated rings. The summed E-state index contributed by atoms with van der Waals surface area (Å²) in [4.78, 5) is 18.4. The number of aromatic nitrogens is 1. The highest BCUT2D eigenvalue weighted by atomic mass is 16.5. The van der Waals surface area contributed by atoms with Gasteiger partial charge in [0.15, 0.2) is 0 Å². The Morgan fingerprint density at radius 3 is 2.53 bits per heavy atom. The molecule has 0 radical (unpaired) electrons. The minimum atomic E-state index is 0.0696. The van der Waals surface area contributed by atoms with Gasteiger partial charge in [-0.05, 0) is 55.3 Å². The molecule has 2 N–H and O–H groups in total. The third kappa shape index (κ3) is 4.85. The van der Waals surface area contributed by atoms with Crippen LogP contribution in [-0.2, 0) is 4.79 Å². The molecular formula is C25H31N3O2. The Hall–Kier alpha value is -2.79. The summed E-state index contributed by atoms with van der Waals surface area (Å²) in [6.45, 7) is 3.11. The maximum atomic E-state index is 12.7. The maximum Gasteiger partial charge on any atom is 0.234 e. The minimum absolute atomic E-state index is 0.0696. The average Bonchev–Trinajstić information content (AvgIpc) is 3.03. The molecule has 1 amide bonds. The summed E-state index contributed by atoms with van der Waals surface area (Å²) in [7, 11) is 1.68. The lowest BCUT2D eigenvalue weighted by atomic mass is 9.90. The Labute approximate surface area is 178 Å². The number of carbonyl (C=O) groups is 1. The lowest BCUT2D eigenvalue weighted by molar-refractivity contribution is -0.122. The van der Waals surface area contributed by atoms with Crippen molar-refractivity contribution in [2.24, 2.45) is 0 Å². The van der Waals surface area contributed by atoms with E-state index in [1.165, 1.54) is 36.6 Å². The van der Waals surface area contributed by atoms with Crippen molar-refractivity contribution in [3.63, 3.8) is 0 Å². The number of H-pyrrole nitrogens is 1. The molecule has 30 heavy (non-hydrogen) atoms. The van der Waals surface area contributed by atoms with Crippen LogP contribution in [0.2, 0.25) is 0 Å². The Kier molecular flexibility index (Phi) is 6.70. The van der Waals surface area contributed by atoms with E-state index in [0.717, 1.165) is 29.9 Å². The molecule has 1 aliphatic heterocycles. The molecule has 0 bridgehead atoms. The summed E-state index contributed by atoms with van der Waals surface area (Å²) in [5, 5.41) is 4.40. The van der Waals surface area contributed by atoms with Crippen LogP contribution in [0.4, 0.5) is 0 Å². The van der Waals surface area contributed by atoms with Gasteiger partial charge in [-0.2, -0.15) is 0 Å². The molecule has 3 aromatic rings. The SMILES string of the molecule is COc1ccc(C(CNC(=O)CN2CCCCCC2)c2c[nH]c3ccccc23)cc1. The lowest BCUT2D eigenvalue weighted by Gasteiger charge is -2.22. The molecule has 1 unspecified atom stereocenters. The van der Waals surface area contributed by atoms with Gasteiger partial charge in [0.25, 0.3) is 0 Å². The summed E-state index contributed by atoms with van der Waals surface area (Å²) in [6, 6.07) is 16.5. The number of aromatic amines is 1. The van der Waals surface area contributed by atoms with Crippen molar-refractivity contribution in [1.82, 2.24) is 15.2 Å². The standard InChI is InChI=1S/C25H31N3O2/c1-30-20-12-10-19(11-13-20)22(23-17-26-24-9-5-4-8-21(23)24)16-27-25(29)18-28-14-6-2-3-7-15-28/h4-5,8-13,17,22,26H,2-3,6-7,14-16,18H2,1H3,(H,27,29). The molecule has 2 heterocycles. The van der Waals surface area contributed by atoms with E-state index in [0.29, 0.717) is 13.1 Å². The van der Waals surface area contributed by atoms with Crippen LogP contribution in [0.15, 0.2) is 54.7 Å². The van der Waals surface area contributed by atoms with E-state index in [4.69, 9.17) is 4.74 Å². The van der Waals surface area contributed by atoms with Crippen molar-refractivity contribution in [3.05, 3.63) is 65.9 Å². The summed E-state index contributed by atoms with van der Waals surface area (Å²) in [5.74, 6) is 1.01. The molecule has 1 saturated heterocycles. The first-order valence-electron chi connectivity index (χ1n) is 10.9. The largest absolute Gasteiger partial charge is 0.497 e.